The number of amides is 1. The molecule has 180 valence electrons. The fourth-order valence-corrected chi connectivity index (χ4v) is 4.23. The standard InChI is InChI=1S/C25H24FN5O4/c1-30-9-6-20(29-30)15-4-5-16(19(26)11-15)12-31-13-18(23-17(25(31)34)3-2-8-27-23)24(33)28-21-7-10-35-14-22(21)32/h2-6,8-9,11,13,21-22,32H,7,10,12,14H2,1H3,(H,28,33)/t21-,22-/m0/s1. The van der Waals surface area contributed by atoms with E-state index in [1.165, 1.54) is 23.0 Å². The van der Waals surface area contributed by atoms with E-state index in [2.05, 4.69) is 15.4 Å². The second-order valence-corrected chi connectivity index (χ2v) is 8.57. The average molecular weight is 477 g/mol. The quantitative estimate of drug-likeness (QED) is 0.454. The molecule has 0 saturated carbocycles. The van der Waals surface area contributed by atoms with Crippen molar-refractivity contribution >= 4 is 16.8 Å². The predicted octanol–water partition coefficient (Wildman–Crippen LogP) is 1.86. The highest BCUT2D eigenvalue weighted by Crippen LogP contribution is 2.21. The fraction of sp³-hybridized carbons (Fsp3) is 0.280. The van der Waals surface area contributed by atoms with Gasteiger partial charge < -0.3 is 19.7 Å². The summed E-state index contributed by atoms with van der Waals surface area (Å²) in [4.78, 5) is 30.6. The molecule has 3 aromatic heterocycles. The number of fused-ring (bicyclic) bond motifs is 1. The van der Waals surface area contributed by atoms with E-state index in [1.54, 1.807) is 48.3 Å². The van der Waals surface area contributed by atoms with E-state index in [-0.39, 0.29) is 35.2 Å². The number of hydrogen-bond acceptors (Lipinski definition) is 6. The van der Waals surface area contributed by atoms with E-state index in [4.69, 9.17) is 4.74 Å². The minimum atomic E-state index is -0.829. The van der Waals surface area contributed by atoms with E-state index < -0.39 is 23.9 Å². The molecule has 1 aliphatic heterocycles. The number of rotatable bonds is 5. The maximum absolute atomic E-state index is 15.0. The first-order valence-corrected chi connectivity index (χ1v) is 11.2. The van der Waals surface area contributed by atoms with Gasteiger partial charge in [-0.25, -0.2) is 4.39 Å². The largest absolute Gasteiger partial charge is 0.389 e. The second-order valence-electron chi connectivity index (χ2n) is 8.57. The van der Waals surface area contributed by atoms with Crippen LogP contribution < -0.4 is 10.9 Å². The topological polar surface area (TPSA) is 111 Å². The Morgan fingerprint density at radius 3 is 2.91 bits per heavy atom. The van der Waals surface area contributed by atoms with Gasteiger partial charge in [0.1, 0.15) is 5.82 Å². The van der Waals surface area contributed by atoms with Crippen molar-refractivity contribution in [3.05, 3.63) is 82.3 Å². The lowest BCUT2D eigenvalue weighted by Gasteiger charge is -2.28. The minimum absolute atomic E-state index is 0.0713. The number of carbonyl (C=O) groups is 1. The SMILES string of the molecule is Cn1ccc(-c2ccc(Cn3cc(C(=O)N[C@H]4CCOC[C@@H]4O)c4ncccc4c3=O)c(F)c2)n1. The molecule has 1 aromatic carbocycles. The number of nitrogens with one attached hydrogen (secondary N) is 1. The number of halogens is 1. The summed E-state index contributed by atoms with van der Waals surface area (Å²) in [5.41, 5.74) is 1.59. The summed E-state index contributed by atoms with van der Waals surface area (Å²) in [6.07, 6.45) is 4.30. The van der Waals surface area contributed by atoms with Crippen LogP contribution in [0.4, 0.5) is 4.39 Å². The smallest absolute Gasteiger partial charge is 0.260 e. The first-order chi connectivity index (χ1) is 16.9. The molecule has 4 aromatic rings. The Kier molecular flexibility index (Phi) is 6.14. The highest BCUT2D eigenvalue weighted by atomic mass is 19.1. The van der Waals surface area contributed by atoms with Crippen LogP contribution in [0.3, 0.4) is 0 Å². The van der Waals surface area contributed by atoms with Gasteiger partial charge in [-0.3, -0.25) is 19.3 Å². The number of aliphatic hydroxyl groups excluding tert-OH is 1. The first-order valence-electron chi connectivity index (χ1n) is 11.2. The highest BCUT2D eigenvalue weighted by Gasteiger charge is 2.27. The average Bonchev–Trinajstić information content (AvgIpc) is 3.29. The van der Waals surface area contributed by atoms with Gasteiger partial charge in [0, 0.05) is 43.4 Å². The molecule has 9 nitrogen and oxygen atoms in total. The van der Waals surface area contributed by atoms with Crippen LogP contribution in [-0.4, -0.2) is 55.7 Å². The number of aromatic nitrogens is 4. The monoisotopic (exact) mass is 477 g/mol. The van der Waals surface area contributed by atoms with Crippen LogP contribution in [-0.2, 0) is 18.3 Å². The maximum atomic E-state index is 15.0. The van der Waals surface area contributed by atoms with Gasteiger partial charge in [0.25, 0.3) is 11.5 Å². The van der Waals surface area contributed by atoms with Crippen molar-refractivity contribution in [2.45, 2.75) is 25.1 Å². The minimum Gasteiger partial charge on any atom is -0.389 e. The number of benzene rings is 1. The first kappa shape index (κ1) is 22.9. The molecule has 2 atom stereocenters. The number of ether oxygens (including phenoxy) is 1. The van der Waals surface area contributed by atoms with Gasteiger partial charge in [-0.05, 0) is 30.7 Å². The van der Waals surface area contributed by atoms with Crippen LogP contribution in [0.2, 0.25) is 0 Å². The van der Waals surface area contributed by atoms with Crippen LogP contribution in [0, 0.1) is 5.82 Å². The Hall–Kier alpha value is -3.89. The zero-order valence-electron chi connectivity index (χ0n) is 19.0. The van der Waals surface area contributed by atoms with Crippen molar-refractivity contribution in [1.82, 2.24) is 24.6 Å². The number of nitrogens with zero attached hydrogens (tertiary/aromatic N) is 4. The molecule has 4 heterocycles. The Morgan fingerprint density at radius 2 is 2.17 bits per heavy atom. The number of aryl methyl sites for hydroxylation is 1. The van der Waals surface area contributed by atoms with Gasteiger partial charge in [-0.15, -0.1) is 0 Å². The van der Waals surface area contributed by atoms with Gasteiger partial charge in [-0.1, -0.05) is 12.1 Å². The van der Waals surface area contributed by atoms with Crippen LogP contribution in [0.5, 0.6) is 0 Å². The third-order valence-electron chi connectivity index (χ3n) is 6.13. The van der Waals surface area contributed by atoms with E-state index in [9.17, 15) is 14.7 Å². The van der Waals surface area contributed by atoms with Crippen LogP contribution in [0.1, 0.15) is 22.3 Å². The summed E-state index contributed by atoms with van der Waals surface area (Å²) in [7, 11) is 1.78. The van der Waals surface area contributed by atoms with Crippen molar-refractivity contribution < 1.29 is 19.0 Å². The summed E-state index contributed by atoms with van der Waals surface area (Å²) < 4.78 is 23.2. The third-order valence-corrected chi connectivity index (χ3v) is 6.13. The normalized spacial score (nSPS) is 18.0. The van der Waals surface area contributed by atoms with E-state index in [0.717, 1.165) is 0 Å². The highest BCUT2D eigenvalue weighted by molar-refractivity contribution is 6.05. The molecule has 0 aliphatic carbocycles. The van der Waals surface area contributed by atoms with Crippen molar-refractivity contribution in [3.8, 4) is 11.3 Å². The maximum Gasteiger partial charge on any atom is 0.260 e. The number of hydrogen-bond donors (Lipinski definition) is 2. The lowest BCUT2D eigenvalue weighted by atomic mass is 10.0. The lowest BCUT2D eigenvalue weighted by Crippen LogP contribution is -2.48. The van der Waals surface area contributed by atoms with Crippen molar-refractivity contribution in [3.63, 3.8) is 0 Å². The summed E-state index contributed by atoms with van der Waals surface area (Å²) in [6.45, 7) is 0.490. The molecule has 0 unspecified atom stereocenters. The van der Waals surface area contributed by atoms with Gasteiger partial charge in [0.15, 0.2) is 0 Å². The molecule has 0 radical (unpaired) electrons. The molecular formula is C25H24FN5O4. The van der Waals surface area contributed by atoms with Gasteiger partial charge in [-0.2, -0.15) is 5.10 Å². The van der Waals surface area contributed by atoms with Crippen molar-refractivity contribution in [2.75, 3.05) is 13.2 Å². The molecular weight excluding hydrogens is 453 g/mol. The molecule has 1 aliphatic rings. The summed E-state index contributed by atoms with van der Waals surface area (Å²) in [5.74, 6) is -0.956. The number of pyridine rings is 2. The Balaban J connectivity index is 1.49. The summed E-state index contributed by atoms with van der Waals surface area (Å²) >= 11 is 0. The molecule has 2 N–H and O–H groups in total. The molecule has 1 amide bonds. The molecule has 1 fully saturated rings. The zero-order chi connectivity index (χ0) is 24.5. The Labute approximate surface area is 199 Å². The molecule has 5 rings (SSSR count). The van der Waals surface area contributed by atoms with Crippen LogP contribution >= 0.6 is 0 Å². The number of aliphatic hydroxyl groups is 1. The predicted molar refractivity (Wildman–Crippen MR) is 126 cm³/mol. The molecule has 35 heavy (non-hydrogen) atoms. The van der Waals surface area contributed by atoms with Gasteiger partial charge in [0.2, 0.25) is 0 Å². The zero-order valence-corrected chi connectivity index (χ0v) is 19.0. The fourth-order valence-electron chi connectivity index (χ4n) is 4.23. The molecule has 10 heteroatoms. The Morgan fingerprint density at radius 1 is 1.31 bits per heavy atom. The Bertz CT molecular complexity index is 1460. The van der Waals surface area contributed by atoms with Crippen LogP contribution in [0.25, 0.3) is 22.2 Å². The van der Waals surface area contributed by atoms with Crippen molar-refractivity contribution in [1.29, 1.82) is 0 Å². The molecule has 1 saturated heterocycles. The summed E-state index contributed by atoms with van der Waals surface area (Å²) in [6, 6.07) is 9.24. The third kappa shape index (κ3) is 4.58. The molecule has 0 bridgehead atoms. The van der Waals surface area contributed by atoms with Gasteiger partial charge >= 0.3 is 0 Å². The molecule has 0 spiro atoms. The van der Waals surface area contributed by atoms with E-state index in [0.29, 0.717) is 29.8 Å². The lowest BCUT2D eigenvalue weighted by molar-refractivity contribution is -0.0260. The van der Waals surface area contributed by atoms with E-state index >= 15 is 4.39 Å². The van der Waals surface area contributed by atoms with Crippen molar-refractivity contribution in [2.24, 2.45) is 7.05 Å². The number of carbonyl (C=O) groups excluding carboxylic acids is 1. The van der Waals surface area contributed by atoms with E-state index in [1.807, 2.05) is 0 Å². The van der Waals surface area contributed by atoms with Gasteiger partial charge in [0.05, 0.1) is 47.5 Å². The van der Waals surface area contributed by atoms with Crippen LogP contribution in [0.15, 0.2) is 59.8 Å². The summed E-state index contributed by atoms with van der Waals surface area (Å²) in [5, 5.41) is 17.5. The second kappa shape index (κ2) is 9.40.